The van der Waals surface area contributed by atoms with E-state index in [1.807, 2.05) is 30.3 Å². The van der Waals surface area contributed by atoms with Crippen LogP contribution in [-0.2, 0) is 24.2 Å². The second kappa shape index (κ2) is 7.41. The first-order valence-electron chi connectivity index (χ1n) is 10.1. The maximum Gasteiger partial charge on any atom is 0.262 e. The predicted octanol–water partition coefficient (Wildman–Crippen LogP) is 4.15. The number of thiophene rings is 1. The summed E-state index contributed by atoms with van der Waals surface area (Å²) in [5, 5.41) is 0.738. The largest absolute Gasteiger partial charge is 0.370 e. The summed E-state index contributed by atoms with van der Waals surface area (Å²) in [5.41, 5.74) is 7.59. The third-order valence-corrected chi connectivity index (χ3v) is 7.16. The molecule has 1 unspecified atom stereocenters. The number of hydrogen-bond donors (Lipinski definition) is 1. The van der Waals surface area contributed by atoms with Crippen LogP contribution in [0.4, 0.5) is 0 Å². The van der Waals surface area contributed by atoms with Gasteiger partial charge >= 0.3 is 0 Å². The summed E-state index contributed by atoms with van der Waals surface area (Å²) in [6.07, 6.45) is 3.12. The molecule has 2 N–H and O–H groups in total. The Morgan fingerprint density at radius 2 is 2.00 bits per heavy atom. The number of aromatic nitrogens is 2. The van der Waals surface area contributed by atoms with Gasteiger partial charge in [0.05, 0.1) is 5.39 Å². The van der Waals surface area contributed by atoms with Crippen molar-refractivity contribution in [1.29, 1.82) is 0 Å². The Morgan fingerprint density at radius 3 is 2.66 bits per heavy atom. The molecule has 2 aromatic heterocycles. The second-order valence-electron chi connectivity index (χ2n) is 8.96. The zero-order valence-electron chi connectivity index (χ0n) is 17.2. The van der Waals surface area contributed by atoms with Gasteiger partial charge in [-0.3, -0.25) is 14.2 Å². The van der Waals surface area contributed by atoms with Crippen molar-refractivity contribution in [2.75, 3.05) is 0 Å². The lowest BCUT2D eigenvalue weighted by Gasteiger charge is -2.33. The molecule has 0 radical (unpaired) electrons. The topological polar surface area (TPSA) is 78.0 Å². The fraction of sp³-hybridized carbons (Fsp3) is 0.435. The van der Waals surface area contributed by atoms with Gasteiger partial charge in [0.25, 0.3) is 5.56 Å². The van der Waals surface area contributed by atoms with Crippen molar-refractivity contribution in [2.24, 2.45) is 17.1 Å². The highest BCUT2D eigenvalue weighted by Gasteiger charge is 2.32. The minimum atomic E-state index is -0.420. The van der Waals surface area contributed by atoms with Crippen molar-refractivity contribution in [2.45, 2.75) is 53.0 Å². The zero-order valence-corrected chi connectivity index (χ0v) is 18.0. The summed E-state index contributed by atoms with van der Waals surface area (Å²) in [6, 6.07) is 9.67. The lowest BCUT2D eigenvalue weighted by Crippen LogP contribution is -2.28. The third kappa shape index (κ3) is 3.73. The van der Waals surface area contributed by atoms with E-state index in [1.165, 1.54) is 4.88 Å². The molecule has 3 aromatic rings. The lowest BCUT2D eigenvalue weighted by atomic mass is 9.72. The number of hydrogen-bond acceptors (Lipinski definition) is 4. The monoisotopic (exact) mass is 409 g/mol. The molecule has 0 aliphatic heterocycles. The molecule has 0 saturated heterocycles. The summed E-state index contributed by atoms with van der Waals surface area (Å²) in [4.78, 5) is 31.9. The number of rotatable bonds is 4. The summed E-state index contributed by atoms with van der Waals surface area (Å²) in [6.45, 7) is 7.12. The quantitative estimate of drug-likeness (QED) is 0.703. The maximum absolute atomic E-state index is 13.5. The van der Waals surface area contributed by atoms with E-state index in [0.717, 1.165) is 40.6 Å². The molecule has 2 heterocycles. The summed E-state index contributed by atoms with van der Waals surface area (Å²) < 4.78 is 1.63. The van der Waals surface area contributed by atoms with Crippen LogP contribution in [0.3, 0.4) is 0 Å². The van der Waals surface area contributed by atoms with Crippen molar-refractivity contribution in [3.63, 3.8) is 0 Å². The Balaban J connectivity index is 1.89. The Labute approximate surface area is 174 Å². The molecule has 4 rings (SSSR count). The highest BCUT2D eigenvalue weighted by Crippen LogP contribution is 2.42. The average Bonchev–Trinajstić information content (AvgIpc) is 3.04. The van der Waals surface area contributed by atoms with E-state index < -0.39 is 5.91 Å². The molecule has 5 nitrogen and oxygen atoms in total. The van der Waals surface area contributed by atoms with Gasteiger partial charge in [-0.25, -0.2) is 4.98 Å². The van der Waals surface area contributed by atoms with Crippen molar-refractivity contribution < 1.29 is 4.79 Å². The highest BCUT2D eigenvalue weighted by atomic mass is 32.1. The van der Waals surface area contributed by atoms with E-state index in [-0.39, 0.29) is 23.9 Å². The first kappa shape index (κ1) is 19.8. The number of carbonyl (C=O) groups is 1. The van der Waals surface area contributed by atoms with Gasteiger partial charge in [-0.1, -0.05) is 51.1 Å². The Hall–Kier alpha value is -2.47. The van der Waals surface area contributed by atoms with E-state index in [0.29, 0.717) is 11.7 Å². The van der Waals surface area contributed by atoms with Crippen LogP contribution in [0.15, 0.2) is 35.1 Å². The van der Waals surface area contributed by atoms with Crippen LogP contribution in [0.2, 0.25) is 0 Å². The maximum atomic E-state index is 13.5. The van der Waals surface area contributed by atoms with Crippen molar-refractivity contribution in [3.05, 3.63) is 51.1 Å². The Bertz CT molecular complexity index is 1120. The van der Waals surface area contributed by atoms with Gasteiger partial charge in [0.15, 0.2) is 0 Å². The van der Waals surface area contributed by atoms with Gasteiger partial charge < -0.3 is 5.73 Å². The van der Waals surface area contributed by atoms with Crippen molar-refractivity contribution >= 4 is 27.5 Å². The molecule has 1 aliphatic rings. The molecule has 152 valence electrons. The van der Waals surface area contributed by atoms with E-state index in [9.17, 15) is 9.59 Å². The second-order valence-corrected chi connectivity index (χ2v) is 10.0. The minimum absolute atomic E-state index is 0.0539. The molecule has 0 saturated carbocycles. The van der Waals surface area contributed by atoms with Gasteiger partial charge in [0, 0.05) is 23.4 Å². The normalized spacial score (nSPS) is 16.7. The zero-order chi connectivity index (χ0) is 20.8. The van der Waals surface area contributed by atoms with Gasteiger partial charge in [0.1, 0.15) is 10.7 Å². The molecule has 1 aromatic carbocycles. The molecule has 1 aliphatic carbocycles. The van der Waals surface area contributed by atoms with Crippen molar-refractivity contribution in [1.82, 2.24) is 9.55 Å². The Kier molecular flexibility index (Phi) is 5.07. The molecule has 1 amide bonds. The van der Waals surface area contributed by atoms with Crippen molar-refractivity contribution in [3.8, 4) is 11.4 Å². The van der Waals surface area contributed by atoms with E-state index >= 15 is 0 Å². The smallest absolute Gasteiger partial charge is 0.262 e. The summed E-state index contributed by atoms with van der Waals surface area (Å²) >= 11 is 1.66. The van der Waals surface area contributed by atoms with Gasteiger partial charge in [-0.15, -0.1) is 11.3 Å². The van der Waals surface area contributed by atoms with Gasteiger partial charge in [-0.2, -0.15) is 0 Å². The van der Waals surface area contributed by atoms with Crippen LogP contribution in [0, 0.1) is 11.3 Å². The molecule has 1 atom stereocenters. The first-order valence-corrected chi connectivity index (χ1v) is 11.0. The molecule has 0 fully saturated rings. The molecule has 0 spiro atoms. The van der Waals surface area contributed by atoms with Crippen LogP contribution in [0.1, 0.15) is 44.1 Å². The first-order chi connectivity index (χ1) is 13.8. The molecular formula is C23H27N3O2S. The highest BCUT2D eigenvalue weighted by molar-refractivity contribution is 7.18. The SMILES string of the molecule is CC(C)(C)C1CCc2c(sc3nc(-c4ccccc4)n(CCC(N)=O)c(=O)c23)C1. The number of primary amides is 1. The summed E-state index contributed by atoms with van der Waals surface area (Å²) in [5.74, 6) is 0.792. The molecule has 29 heavy (non-hydrogen) atoms. The van der Waals surface area contributed by atoms with Crippen LogP contribution >= 0.6 is 11.3 Å². The van der Waals surface area contributed by atoms with E-state index in [1.54, 1.807) is 15.9 Å². The molecular weight excluding hydrogens is 382 g/mol. The number of benzene rings is 1. The third-order valence-electron chi connectivity index (χ3n) is 6.01. The number of aryl methyl sites for hydroxylation is 1. The number of carbonyl (C=O) groups excluding carboxylic acids is 1. The molecule has 6 heteroatoms. The minimum Gasteiger partial charge on any atom is -0.370 e. The number of nitrogens with two attached hydrogens (primary N) is 1. The van der Waals surface area contributed by atoms with E-state index in [2.05, 4.69) is 20.8 Å². The predicted molar refractivity (Wildman–Crippen MR) is 118 cm³/mol. The van der Waals surface area contributed by atoms with Crippen LogP contribution in [0.25, 0.3) is 21.6 Å². The number of amides is 1. The van der Waals surface area contributed by atoms with Crippen LogP contribution < -0.4 is 11.3 Å². The Morgan fingerprint density at radius 1 is 1.28 bits per heavy atom. The number of fused-ring (bicyclic) bond motifs is 3. The fourth-order valence-corrected chi connectivity index (χ4v) is 5.52. The number of nitrogens with zero attached hydrogens (tertiary/aromatic N) is 2. The summed E-state index contributed by atoms with van der Waals surface area (Å²) in [7, 11) is 0. The van der Waals surface area contributed by atoms with Gasteiger partial charge in [-0.05, 0) is 36.2 Å². The van der Waals surface area contributed by atoms with Gasteiger partial charge in [0.2, 0.25) is 5.91 Å². The lowest BCUT2D eigenvalue weighted by molar-refractivity contribution is -0.118. The van der Waals surface area contributed by atoms with Crippen LogP contribution in [-0.4, -0.2) is 15.5 Å². The van der Waals surface area contributed by atoms with E-state index in [4.69, 9.17) is 10.7 Å². The fourth-order valence-electron chi connectivity index (χ4n) is 4.23. The average molecular weight is 410 g/mol. The molecule has 0 bridgehead atoms. The van der Waals surface area contributed by atoms with Crippen LogP contribution in [0.5, 0.6) is 0 Å². The standard InChI is InChI=1S/C23H27N3O2S/c1-23(2,3)15-9-10-16-17(13-15)29-21-19(16)22(28)26(12-11-18(24)27)20(25-21)14-7-5-4-6-8-14/h4-8,15H,9-13H2,1-3H3,(H2,24,27).